The van der Waals surface area contributed by atoms with Crippen molar-refractivity contribution >= 4 is 9.84 Å². The maximum Gasteiger partial charge on any atom is 0.148 e. The highest BCUT2D eigenvalue weighted by Gasteiger charge is 1.97. The summed E-state index contributed by atoms with van der Waals surface area (Å²) in [5.74, 6) is 0.101. The third-order valence-electron chi connectivity index (χ3n) is 0.617. The van der Waals surface area contributed by atoms with Gasteiger partial charge in [0.1, 0.15) is 9.84 Å². The second kappa shape index (κ2) is 3.04. The minimum Gasteiger partial charge on any atom is -0.310 e. The average molecular weight is 135 g/mol. The van der Waals surface area contributed by atoms with E-state index in [4.69, 9.17) is 7.05 Å². The minimum absolute atomic E-state index is 0.101. The molecule has 0 bridgehead atoms. The summed E-state index contributed by atoms with van der Waals surface area (Å²) in [6.07, 6.45) is 1.17. The van der Waals surface area contributed by atoms with Gasteiger partial charge in [-0.3, -0.25) is 0 Å². The highest BCUT2D eigenvalue weighted by atomic mass is 32.2. The van der Waals surface area contributed by atoms with Crippen LogP contribution in [0.5, 0.6) is 0 Å². The Kier molecular flexibility index (Phi) is 3.01. The summed E-state index contributed by atoms with van der Waals surface area (Å²) in [4.78, 5) is 0. The summed E-state index contributed by atoms with van der Waals surface area (Å²) in [7, 11) is 1.99. The van der Waals surface area contributed by atoms with Crippen molar-refractivity contribution in [3.05, 3.63) is 7.05 Å². The third-order valence-corrected chi connectivity index (χ3v) is 1.56. The molecule has 1 N–H and O–H groups in total. The van der Waals surface area contributed by atoms with Crippen molar-refractivity contribution in [2.24, 2.45) is 0 Å². The van der Waals surface area contributed by atoms with Crippen molar-refractivity contribution in [3.8, 4) is 0 Å². The van der Waals surface area contributed by atoms with Crippen LogP contribution in [-0.2, 0) is 9.84 Å². The van der Waals surface area contributed by atoms with Crippen molar-refractivity contribution in [1.82, 2.24) is 5.32 Å². The molecule has 8 heavy (non-hydrogen) atoms. The highest BCUT2D eigenvalue weighted by molar-refractivity contribution is 7.90. The fourth-order valence-corrected chi connectivity index (χ4v) is 0.733. The van der Waals surface area contributed by atoms with E-state index < -0.39 is 9.84 Å². The lowest BCUT2D eigenvalue weighted by Crippen LogP contribution is -2.16. The first-order valence-electron chi connectivity index (χ1n) is 2.17. The number of sulfone groups is 1. The molecular weight excluding hydrogens is 126 g/mol. The SMILES string of the molecule is [CH]NCCS(C)(=O)=O. The molecule has 0 atom stereocenters. The Balaban J connectivity index is 3.42. The van der Waals surface area contributed by atoms with Crippen LogP contribution in [0.3, 0.4) is 0 Å². The van der Waals surface area contributed by atoms with E-state index in [9.17, 15) is 8.42 Å². The van der Waals surface area contributed by atoms with Gasteiger partial charge in [0.15, 0.2) is 0 Å². The molecule has 0 saturated heterocycles. The first-order valence-corrected chi connectivity index (χ1v) is 4.23. The molecule has 0 unspecified atom stereocenters. The van der Waals surface area contributed by atoms with Gasteiger partial charge in [-0.1, -0.05) is 0 Å². The van der Waals surface area contributed by atoms with Crippen molar-refractivity contribution in [2.45, 2.75) is 0 Å². The molecule has 0 saturated carbocycles. The first kappa shape index (κ1) is 7.91. The molecule has 0 aliphatic carbocycles. The molecule has 0 aromatic carbocycles. The lowest BCUT2D eigenvalue weighted by molar-refractivity contribution is 0.600. The second-order valence-corrected chi connectivity index (χ2v) is 3.84. The number of hydrogen-bond acceptors (Lipinski definition) is 3. The monoisotopic (exact) mass is 135 g/mol. The van der Waals surface area contributed by atoms with E-state index >= 15 is 0 Å². The molecule has 0 spiro atoms. The van der Waals surface area contributed by atoms with Crippen LogP contribution in [0, 0.1) is 7.05 Å². The number of nitrogens with one attached hydrogen (secondary N) is 1. The van der Waals surface area contributed by atoms with Crippen LogP contribution >= 0.6 is 0 Å². The third kappa shape index (κ3) is 5.91. The molecule has 48 valence electrons. The Morgan fingerprint density at radius 2 is 2.12 bits per heavy atom. The Labute approximate surface area is 50.0 Å². The molecule has 0 aliphatic rings. The van der Waals surface area contributed by atoms with E-state index in [1.807, 2.05) is 0 Å². The van der Waals surface area contributed by atoms with Crippen LogP contribution in [0.4, 0.5) is 0 Å². The maximum absolute atomic E-state index is 10.3. The summed E-state index contributed by atoms with van der Waals surface area (Å²) in [5.41, 5.74) is 0. The lowest BCUT2D eigenvalue weighted by Gasteiger charge is -1.93. The average Bonchev–Trinajstić information content (AvgIpc) is 1.59. The minimum atomic E-state index is -2.83. The Morgan fingerprint density at radius 3 is 2.25 bits per heavy atom. The van der Waals surface area contributed by atoms with Gasteiger partial charge in [0.05, 0.1) is 5.75 Å². The van der Waals surface area contributed by atoms with Crippen LogP contribution in [0.25, 0.3) is 0 Å². The number of hydrogen-bond donors (Lipinski definition) is 1. The Bertz CT molecular complexity index is 138. The van der Waals surface area contributed by atoms with E-state index in [-0.39, 0.29) is 5.75 Å². The second-order valence-electron chi connectivity index (χ2n) is 1.58. The Hall–Kier alpha value is -0.0900. The van der Waals surface area contributed by atoms with E-state index in [0.29, 0.717) is 6.54 Å². The van der Waals surface area contributed by atoms with Crippen LogP contribution in [0.2, 0.25) is 0 Å². The van der Waals surface area contributed by atoms with Gasteiger partial charge in [-0.25, -0.2) is 8.42 Å². The molecule has 0 heterocycles. The quantitative estimate of drug-likeness (QED) is 0.520. The summed E-state index contributed by atoms with van der Waals surface area (Å²) in [5, 5.41) is 2.25. The molecule has 0 rings (SSSR count). The maximum atomic E-state index is 10.3. The van der Waals surface area contributed by atoms with E-state index in [0.717, 1.165) is 0 Å². The standard InChI is InChI=1S/C4H9NO2S/c1-5-3-4-8(2,6)7/h1,5H,3-4H2,2H3. The molecule has 0 fully saturated rings. The molecule has 4 heteroatoms. The number of rotatable bonds is 3. The van der Waals surface area contributed by atoms with Crippen LogP contribution in [0.1, 0.15) is 0 Å². The molecule has 3 nitrogen and oxygen atoms in total. The largest absolute Gasteiger partial charge is 0.310 e. The Morgan fingerprint density at radius 1 is 1.62 bits per heavy atom. The van der Waals surface area contributed by atoms with E-state index in [1.165, 1.54) is 6.26 Å². The van der Waals surface area contributed by atoms with Gasteiger partial charge in [0.25, 0.3) is 0 Å². The zero-order valence-corrected chi connectivity index (χ0v) is 5.53. The molecule has 2 radical (unpaired) electrons. The summed E-state index contributed by atoms with van der Waals surface area (Å²) >= 11 is 0. The van der Waals surface area contributed by atoms with Gasteiger partial charge in [0.2, 0.25) is 0 Å². The van der Waals surface area contributed by atoms with Gasteiger partial charge in [0, 0.05) is 19.8 Å². The zero-order valence-electron chi connectivity index (χ0n) is 4.72. The predicted molar refractivity (Wildman–Crippen MR) is 32.0 cm³/mol. The van der Waals surface area contributed by atoms with Crippen molar-refractivity contribution in [1.29, 1.82) is 0 Å². The van der Waals surface area contributed by atoms with E-state index in [2.05, 4.69) is 5.32 Å². The molecule has 0 aromatic rings. The topological polar surface area (TPSA) is 46.2 Å². The lowest BCUT2D eigenvalue weighted by atomic mass is 10.8. The summed E-state index contributed by atoms with van der Waals surface area (Å²) in [6, 6.07) is 0. The first-order chi connectivity index (χ1) is 3.56. The van der Waals surface area contributed by atoms with Gasteiger partial charge in [-0.05, 0) is 0 Å². The zero-order chi connectivity index (χ0) is 6.62. The van der Waals surface area contributed by atoms with Crippen LogP contribution in [0.15, 0.2) is 0 Å². The van der Waals surface area contributed by atoms with Crippen LogP contribution < -0.4 is 5.32 Å². The van der Waals surface area contributed by atoms with Crippen LogP contribution in [-0.4, -0.2) is 27.0 Å². The highest BCUT2D eigenvalue weighted by Crippen LogP contribution is 1.77. The van der Waals surface area contributed by atoms with Gasteiger partial charge >= 0.3 is 0 Å². The fraction of sp³-hybridized carbons (Fsp3) is 0.750. The van der Waals surface area contributed by atoms with Crippen molar-refractivity contribution in [3.63, 3.8) is 0 Å². The van der Waals surface area contributed by atoms with Crippen molar-refractivity contribution in [2.75, 3.05) is 18.6 Å². The fourth-order valence-electron chi connectivity index (χ4n) is 0.244. The molecule has 0 aliphatic heterocycles. The smallest absolute Gasteiger partial charge is 0.148 e. The molecular formula is C4H9NO2S. The predicted octanol–water partition coefficient (Wildman–Crippen LogP) is -0.711. The van der Waals surface area contributed by atoms with Gasteiger partial charge in [-0.15, -0.1) is 0 Å². The van der Waals surface area contributed by atoms with Gasteiger partial charge < -0.3 is 5.32 Å². The van der Waals surface area contributed by atoms with E-state index in [1.54, 1.807) is 0 Å². The summed E-state index contributed by atoms with van der Waals surface area (Å²) < 4.78 is 20.6. The molecule has 0 aromatic heterocycles. The van der Waals surface area contributed by atoms with Crippen molar-refractivity contribution < 1.29 is 8.42 Å². The molecule has 0 amide bonds. The van der Waals surface area contributed by atoms with Gasteiger partial charge in [-0.2, -0.15) is 0 Å². The normalized spacial score (nSPS) is 11.8. The summed E-state index contributed by atoms with van der Waals surface area (Å²) in [6.45, 7) is 0.318.